The molecule has 0 saturated heterocycles. The molecular formula is C11H12N2O4. The lowest BCUT2D eigenvalue weighted by Gasteiger charge is -2.30. The Labute approximate surface area is 97.5 Å². The van der Waals surface area contributed by atoms with Crippen LogP contribution < -0.4 is 10.2 Å². The fourth-order valence-corrected chi connectivity index (χ4v) is 1.81. The predicted molar refractivity (Wildman–Crippen MR) is 61.3 cm³/mol. The highest BCUT2D eigenvalue weighted by Gasteiger charge is 2.22. The first-order valence-corrected chi connectivity index (χ1v) is 5.15. The van der Waals surface area contributed by atoms with E-state index in [-0.39, 0.29) is 24.6 Å². The van der Waals surface area contributed by atoms with E-state index in [0.29, 0.717) is 12.2 Å². The number of hydrogen-bond acceptors (Lipinski definition) is 4. The maximum Gasteiger partial charge on any atom is 0.335 e. The highest BCUT2D eigenvalue weighted by atomic mass is 16.4. The molecule has 0 unspecified atom stereocenters. The number of aliphatic hydroxyl groups excluding tert-OH is 1. The normalized spacial score (nSPS) is 14.2. The molecule has 0 saturated carbocycles. The van der Waals surface area contributed by atoms with Crippen molar-refractivity contribution in [2.45, 2.75) is 0 Å². The molecule has 90 valence electrons. The number of nitrogens with zero attached hydrogens (tertiary/aromatic N) is 1. The topological polar surface area (TPSA) is 89.9 Å². The minimum Gasteiger partial charge on any atom is -0.478 e. The Morgan fingerprint density at radius 1 is 1.47 bits per heavy atom. The molecule has 2 rings (SSSR count). The molecule has 0 spiro atoms. The number of rotatable bonds is 3. The van der Waals surface area contributed by atoms with Gasteiger partial charge in [0.05, 0.1) is 30.1 Å². The predicted octanol–water partition coefficient (Wildman–Crippen LogP) is 0.136. The van der Waals surface area contributed by atoms with Crippen LogP contribution in [0.1, 0.15) is 10.4 Å². The quantitative estimate of drug-likeness (QED) is 0.694. The number of carbonyl (C=O) groups is 2. The van der Waals surface area contributed by atoms with Crippen LogP contribution >= 0.6 is 0 Å². The van der Waals surface area contributed by atoms with Gasteiger partial charge in [-0.1, -0.05) is 0 Å². The summed E-state index contributed by atoms with van der Waals surface area (Å²) in [4.78, 5) is 23.9. The number of nitrogens with one attached hydrogen (secondary N) is 1. The zero-order chi connectivity index (χ0) is 12.4. The Morgan fingerprint density at radius 2 is 2.24 bits per heavy atom. The van der Waals surface area contributed by atoms with E-state index in [1.54, 1.807) is 11.0 Å². The number of β-amino-alcohol motifs (C(OH)–C–C–N with tert-alkyl or cyclic N) is 1. The van der Waals surface area contributed by atoms with Crippen LogP contribution in [0.4, 0.5) is 11.4 Å². The molecule has 1 aliphatic heterocycles. The monoisotopic (exact) mass is 236 g/mol. The van der Waals surface area contributed by atoms with E-state index < -0.39 is 5.97 Å². The summed E-state index contributed by atoms with van der Waals surface area (Å²) in [5, 5.41) is 20.4. The van der Waals surface area contributed by atoms with Crippen LogP contribution in [0.15, 0.2) is 18.2 Å². The van der Waals surface area contributed by atoms with Gasteiger partial charge in [0.15, 0.2) is 0 Å². The van der Waals surface area contributed by atoms with E-state index >= 15 is 0 Å². The van der Waals surface area contributed by atoms with E-state index in [9.17, 15) is 9.59 Å². The summed E-state index contributed by atoms with van der Waals surface area (Å²) in [6.45, 7) is 0.445. The Morgan fingerprint density at radius 3 is 2.88 bits per heavy atom. The summed E-state index contributed by atoms with van der Waals surface area (Å²) in [5.74, 6) is -1.25. The molecule has 6 heteroatoms. The molecule has 1 amide bonds. The van der Waals surface area contributed by atoms with Gasteiger partial charge in [-0.3, -0.25) is 4.79 Å². The molecule has 6 nitrogen and oxygen atoms in total. The van der Waals surface area contributed by atoms with E-state index in [1.165, 1.54) is 12.1 Å². The van der Waals surface area contributed by atoms with Crippen molar-refractivity contribution < 1.29 is 19.8 Å². The number of carboxylic acid groups (broad SMARTS) is 1. The van der Waals surface area contributed by atoms with Crippen molar-refractivity contribution in [3.63, 3.8) is 0 Å². The zero-order valence-corrected chi connectivity index (χ0v) is 9.01. The Bertz CT molecular complexity index is 473. The maximum absolute atomic E-state index is 11.4. The van der Waals surface area contributed by atoms with Gasteiger partial charge in [-0.25, -0.2) is 4.79 Å². The lowest BCUT2D eigenvalue weighted by atomic mass is 10.1. The van der Waals surface area contributed by atoms with Gasteiger partial charge in [-0.15, -0.1) is 0 Å². The third kappa shape index (κ3) is 2.21. The number of fused-ring (bicyclic) bond motifs is 1. The summed E-state index contributed by atoms with van der Waals surface area (Å²) in [7, 11) is 0. The number of aliphatic hydroxyl groups is 1. The molecule has 1 aromatic rings. The molecule has 1 aliphatic rings. The summed E-state index contributed by atoms with van der Waals surface area (Å²) in [5.41, 5.74) is 1.31. The summed E-state index contributed by atoms with van der Waals surface area (Å²) >= 11 is 0. The summed E-state index contributed by atoms with van der Waals surface area (Å²) in [6.07, 6.45) is 0. The molecule has 17 heavy (non-hydrogen) atoms. The number of benzene rings is 1. The van der Waals surface area contributed by atoms with E-state index in [0.717, 1.165) is 5.69 Å². The standard InChI is InChI=1S/C11H12N2O4/c14-4-3-13-6-10(15)12-8-5-7(11(16)17)1-2-9(8)13/h1-2,5,14H,3-4,6H2,(H,12,15)(H,16,17). The molecule has 0 bridgehead atoms. The Balaban J connectivity index is 2.40. The van der Waals surface area contributed by atoms with Gasteiger partial charge in [0, 0.05) is 6.54 Å². The second-order valence-corrected chi connectivity index (χ2v) is 3.73. The number of aromatic carboxylic acids is 1. The Kier molecular flexibility index (Phi) is 2.97. The fraction of sp³-hybridized carbons (Fsp3) is 0.273. The number of anilines is 2. The van der Waals surface area contributed by atoms with Crippen molar-refractivity contribution in [3.8, 4) is 0 Å². The average molecular weight is 236 g/mol. The second kappa shape index (κ2) is 4.42. The molecular weight excluding hydrogens is 224 g/mol. The van der Waals surface area contributed by atoms with Crippen LogP contribution in [0.25, 0.3) is 0 Å². The first kappa shape index (κ1) is 11.4. The smallest absolute Gasteiger partial charge is 0.335 e. The van der Waals surface area contributed by atoms with Gasteiger partial charge in [-0.2, -0.15) is 0 Å². The van der Waals surface area contributed by atoms with Crippen molar-refractivity contribution in [2.24, 2.45) is 0 Å². The largest absolute Gasteiger partial charge is 0.478 e. The highest BCUT2D eigenvalue weighted by Crippen LogP contribution is 2.30. The molecule has 1 heterocycles. The Hall–Kier alpha value is -2.08. The van der Waals surface area contributed by atoms with Crippen LogP contribution in [0.2, 0.25) is 0 Å². The van der Waals surface area contributed by atoms with Gasteiger partial charge in [0.1, 0.15) is 0 Å². The molecule has 0 atom stereocenters. The summed E-state index contributed by atoms with van der Waals surface area (Å²) in [6, 6.07) is 4.52. The van der Waals surface area contributed by atoms with Crippen molar-refractivity contribution in [3.05, 3.63) is 23.8 Å². The lowest BCUT2D eigenvalue weighted by Crippen LogP contribution is -2.39. The van der Waals surface area contributed by atoms with Crippen LogP contribution in [0.5, 0.6) is 0 Å². The van der Waals surface area contributed by atoms with E-state index in [1.807, 2.05) is 0 Å². The first-order valence-electron chi connectivity index (χ1n) is 5.15. The third-order valence-corrected chi connectivity index (χ3v) is 2.56. The number of carboxylic acids is 1. The minimum atomic E-state index is -1.04. The van der Waals surface area contributed by atoms with Crippen molar-refractivity contribution in [1.29, 1.82) is 0 Å². The third-order valence-electron chi connectivity index (χ3n) is 2.56. The van der Waals surface area contributed by atoms with Crippen LogP contribution in [0, 0.1) is 0 Å². The maximum atomic E-state index is 11.4. The first-order chi connectivity index (χ1) is 8.11. The van der Waals surface area contributed by atoms with E-state index in [2.05, 4.69) is 5.32 Å². The highest BCUT2D eigenvalue weighted by molar-refractivity contribution is 6.02. The van der Waals surface area contributed by atoms with Crippen molar-refractivity contribution in [2.75, 3.05) is 29.9 Å². The molecule has 0 aromatic heterocycles. The zero-order valence-electron chi connectivity index (χ0n) is 9.01. The molecule has 3 N–H and O–H groups in total. The SMILES string of the molecule is O=C1CN(CCO)c2ccc(C(=O)O)cc2N1. The second-order valence-electron chi connectivity index (χ2n) is 3.73. The number of amides is 1. The molecule has 0 radical (unpaired) electrons. The van der Waals surface area contributed by atoms with Crippen LogP contribution in [-0.2, 0) is 4.79 Å². The van der Waals surface area contributed by atoms with Crippen LogP contribution in [-0.4, -0.2) is 41.8 Å². The van der Waals surface area contributed by atoms with Gasteiger partial charge >= 0.3 is 5.97 Å². The number of hydrogen-bond donors (Lipinski definition) is 3. The van der Waals surface area contributed by atoms with E-state index in [4.69, 9.17) is 10.2 Å². The molecule has 1 aromatic carbocycles. The van der Waals surface area contributed by atoms with Crippen molar-refractivity contribution in [1.82, 2.24) is 0 Å². The minimum absolute atomic E-state index is 0.0621. The van der Waals surface area contributed by atoms with Crippen LogP contribution in [0.3, 0.4) is 0 Å². The number of carbonyl (C=O) groups excluding carboxylic acids is 1. The van der Waals surface area contributed by atoms with Gasteiger partial charge in [-0.05, 0) is 18.2 Å². The fourth-order valence-electron chi connectivity index (χ4n) is 1.81. The van der Waals surface area contributed by atoms with Gasteiger partial charge in [0.2, 0.25) is 5.91 Å². The molecule has 0 fully saturated rings. The van der Waals surface area contributed by atoms with Crippen molar-refractivity contribution >= 4 is 23.3 Å². The van der Waals surface area contributed by atoms with Gasteiger partial charge in [0.25, 0.3) is 0 Å². The summed E-state index contributed by atoms with van der Waals surface area (Å²) < 4.78 is 0. The lowest BCUT2D eigenvalue weighted by molar-refractivity contribution is -0.115. The average Bonchev–Trinajstić information content (AvgIpc) is 2.28. The molecule has 0 aliphatic carbocycles. The van der Waals surface area contributed by atoms with Gasteiger partial charge < -0.3 is 20.4 Å².